The number of ketones is 2. The number of carbonyl (C=O) groups is 2. The fourth-order valence-corrected chi connectivity index (χ4v) is 3.03. The summed E-state index contributed by atoms with van der Waals surface area (Å²) < 4.78 is 5.51. The van der Waals surface area contributed by atoms with E-state index in [-0.39, 0.29) is 33.8 Å². The molecule has 6 heteroatoms. The van der Waals surface area contributed by atoms with E-state index in [0.29, 0.717) is 17.9 Å². The minimum Gasteiger partial charge on any atom is -0.507 e. The molecule has 0 saturated carbocycles. The number of ether oxygens (including phenoxy) is 1. The molecule has 0 saturated heterocycles. The first-order valence-corrected chi connectivity index (χ1v) is 8.55. The van der Waals surface area contributed by atoms with Crippen molar-refractivity contribution in [1.82, 2.24) is 0 Å². The highest BCUT2D eigenvalue weighted by Gasteiger charge is 2.35. The molecule has 3 rings (SSSR count). The average molecular weight is 391 g/mol. The Bertz CT molecular complexity index is 857. The largest absolute Gasteiger partial charge is 0.507 e. The van der Waals surface area contributed by atoms with Gasteiger partial charge in [0.1, 0.15) is 17.2 Å². The lowest BCUT2D eigenvalue weighted by molar-refractivity contribution is 0.0973. The van der Waals surface area contributed by atoms with Gasteiger partial charge in [0.05, 0.1) is 17.7 Å². The number of carbonyl (C=O) groups excluding carboxylic acids is 2. The smallest absolute Gasteiger partial charge is 0.201 e. The molecule has 1 aliphatic rings. The van der Waals surface area contributed by atoms with Crippen molar-refractivity contribution in [2.45, 2.75) is 13.3 Å². The first-order valence-electron chi connectivity index (χ1n) is 7.42. The summed E-state index contributed by atoms with van der Waals surface area (Å²) in [5.41, 5.74) is 0.735. The van der Waals surface area contributed by atoms with E-state index in [0.717, 1.165) is 11.8 Å². The van der Waals surface area contributed by atoms with Gasteiger partial charge in [-0.25, -0.2) is 0 Å². The van der Waals surface area contributed by atoms with E-state index < -0.39 is 11.6 Å². The Morgan fingerprint density at radius 1 is 0.958 bits per heavy atom. The maximum atomic E-state index is 12.8. The Hall–Kier alpha value is -2.34. The third-order valence-corrected chi connectivity index (χ3v) is 4.40. The molecule has 0 aliphatic heterocycles. The molecule has 2 aromatic rings. The number of hydrogen-bond acceptors (Lipinski definition) is 5. The topological polar surface area (TPSA) is 83.8 Å². The zero-order chi connectivity index (χ0) is 17.4. The lowest BCUT2D eigenvalue weighted by atomic mass is 9.82. The molecular weight excluding hydrogens is 376 g/mol. The molecule has 0 heterocycles. The quantitative estimate of drug-likeness (QED) is 0.527. The van der Waals surface area contributed by atoms with Crippen LogP contribution in [0.3, 0.4) is 0 Å². The summed E-state index contributed by atoms with van der Waals surface area (Å²) >= 11 is 3.29. The molecule has 1 aliphatic carbocycles. The number of phenolic OH excluding ortho intramolecular Hbond substituents is 2. The van der Waals surface area contributed by atoms with Gasteiger partial charge >= 0.3 is 0 Å². The lowest BCUT2D eigenvalue weighted by Gasteiger charge is -2.20. The molecule has 2 N–H and O–H groups in total. The van der Waals surface area contributed by atoms with E-state index in [1.165, 1.54) is 18.2 Å². The summed E-state index contributed by atoms with van der Waals surface area (Å²) in [5, 5.41) is 21.0. The van der Waals surface area contributed by atoms with Gasteiger partial charge in [-0.05, 0) is 37.1 Å². The van der Waals surface area contributed by atoms with E-state index in [2.05, 4.69) is 15.9 Å². The summed E-state index contributed by atoms with van der Waals surface area (Å²) in [6.07, 6.45) is 0.765. The van der Waals surface area contributed by atoms with Crippen molar-refractivity contribution >= 4 is 27.5 Å². The molecule has 0 radical (unpaired) electrons. The number of halogens is 1. The average Bonchev–Trinajstić information content (AvgIpc) is 2.51. The molecule has 0 bridgehead atoms. The number of alkyl halides is 1. The summed E-state index contributed by atoms with van der Waals surface area (Å²) in [7, 11) is 0. The molecule has 0 aromatic heterocycles. The van der Waals surface area contributed by atoms with Gasteiger partial charge in [-0.3, -0.25) is 9.59 Å². The van der Waals surface area contributed by atoms with Crippen LogP contribution in [-0.4, -0.2) is 33.7 Å². The van der Waals surface area contributed by atoms with Gasteiger partial charge in [0.15, 0.2) is 5.78 Å². The summed E-state index contributed by atoms with van der Waals surface area (Å²) in [6.45, 7) is 2.15. The first-order chi connectivity index (χ1) is 11.4. The van der Waals surface area contributed by atoms with Crippen LogP contribution in [-0.2, 0) is 0 Å². The number of phenols is 2. The van der Waals surface area contributed by atoms with Crippen molar-refractivity contribution in [2.75, 3.05) is 11.9 Å². The Kier molecular flexibility index (Phi) is 4.32. The van der Waals surface area contributed by atoms with Crippen molar-refractivity contribution in [2.24, 2.45) is 0 Å². The van der Waals surface area contributed by atoms with E-state index >= 15 is 0 Å². The molecule has 0 atom stereocenters. The van der Waals surface area contributed by atoms with Crippen LogP contribution in [0.4, 0.5) is 0 Å². The van der Waals surface area contributed by atoms with Gasteiger partial charge < -0.3 is 14.9 Å². The van der Waals surface area contributed by atoms with Crippen molar-refractivity contribution in [3.05, 3.63) is 52.1 Å². The molecular formula is C18H15BrO5. The number of aryl methyl sites for hydroxylation is 1. The normalized spacial score (nSPS) is 12.8. The molecule has 24 heavy (non-hydrogen) atoms. The maximum Gasteiger partial charge on any atom is 0.201 e. The van der Waals surface area contributed by atoms with Crippen LogP contribution in [0.25, 0.3) is 0 Å². The van der Waals surface area contributed by atoms with Crippen LogP contribution in [0.5, 0.6) is 17.2 Å². The van der Waals surface area contributed by atoms with Gasteiger partial charge in [-0.1, -0.05) is 15.9 Å². The zero-order valence-corrected chi connectivity index (χ0v) is 14.5. The lowest BCUT2D eigenvalue weighted by Crippen LogP contribution is -2.21. The van der Waals surface area contributed by atoms with Crippen LogP contribution in [0.15, 0.2) is 24.3 Å². The van der Waals surface area contributed by atoms with Gasteiger partial charge in [-0.2, -0.15) is 0 Å². The van der Waals surface area contributed by atoms with Gasteiger partial charge in [0, 0.05) is 22.5 Å². The minimum absolute atomic E-state index is 0.0682. The second-order valence-corrected chi connectivity index (χ2v) is 6.41. The van der Waals surface area contributed by atoms with Crippen molar-refractivity contribution in [3.8, 4) is 17.2 Å². The first kappa shape index (κ1) is 16.5. The number of hydrogen-bond donors (Lipinski definition) is 2. The predicted molar refractivity (Wildman–Crippen MR) is 91.7 cm³/mol. The monoisotopic (exact) mass is 390 g/mol. The number of aromatic hydroxyl groups is 2. The molecule has 0 fully saturated rings. The third kappa shape index (κ3) is 2.67. The molecule has 0 unspecified atom stereocenters. The van der Waals surface area contributed by atoms with Crippen LogP contribution < -0.4 is 4.74 Å². The van der Waals surface area contributed by atoms with E-state index in [1.54, 1.807) is 13.0 Å². The Labute approximate surface area is 147 Å². The number of fused-ring (bicyclic) bond motifs is 2. The second-order valence-electron chi connectivity index (χ2n) is 5.62. The molecule has 0 spiro atoms. The maximum absolute atomic E-state index is 12.8. The van der Waals surface area contributed by atoms with Crippen molar-refractivity contribution in [1.29, 1.82) is 0 Å². The van der Waals surface area contributed by atoms with Crippen LogP contribution in [0, 0.1) is 6.92 Å². The van der Waals surface area contributed by atoms with Crippen LogP contribution >= 0.6 is 15.9 Å². The third-order valence-electron chi connectivity index (χ3n) is 3.84. The zero-order valence-electron chi connectivity index (χ0n) is 12.9. The Balaban J connectivity index is 2.12. The fraction of sp³-hybridized carbons (Fsp3) is 0.222. The SMILES string of the molecule is Cc1cc(O)c2c(c1)C(=O)c1cc(OCCCBr)cc(O)c1C2=O. The van der Waals surface area contributed by atoms with Gasteiger partial charge in [-0.15, -0.1) is 0 Å². The molecule has 2 aromatic carbocycles. The van der Waals surface area contributed by atoms with Crippen molar-refractivity contribution in [3.63, 3.8) is 0 Å². The molecule has 5 nitrogen and oxygen atoms in total. The highest BCUT2D eigenvalue weighted by molar-refractivity contribution is 9.09. The molecule has 124 valence electrons. The van der Waals surface area contributed by atoms with Gasteiger partial charge in [0.2, 0.25) is 5.78 Å². The summed E-state index contributed by atoms with van der Waals surface area (Å²) in [4.78, 5) is 25.4. The number of benzene rings is 2. The van der Waals surface area contributed by atoms with Crippen LogP contribution in [0.2, 0.25) is 0 Å². The molecule has 0 amide bonds. The highest BCUT2D eigenvalue weighted by Crippen LogP contribution is 2.39. The van der Waals surface area contributed by atoms with E-state index in [9.17, 15) is 19.8 Å². The van der Waals surface area contributed by atoms with Crippen LogP contribution in [0.1, 0.15) is 43.8 Å². The summed E-state index contributed by atoms with van der Waals surface area (Å²) in [5.74, 6) is -1.24. The second kappa shape index (κ2) is 6.28. The Morgan fingerprint density at radius 3 is 2.25 bits per heavy atom. The Morgan fingerprint density at radius 2 is 1.58 bits per heavy atom. The number of rotatable bonds is 4. The fourth-order valence-electron chi connectivity index (χ4n) is 2.80. The van der Waals surface area contributed by atoms with E-state index in [1.807, 2.05) is 0 Å². The minimum atomic E-state index is -0.568. The summed E-state index contributed by atoms with van der Waals surface area (Å²) in [6, 6.07) is 5.76. The standard InChI is InChI=1S/C18H15BrO5/c1-9-5-11-15(13(20)6-9)18(23)16-12(17(11)22)7-10(8-14(16)21)24-4-2-3-19/h5-8,20-21H,2-4H2,1H3. The van der Waals surface area contributed by atoms with Crippen molar-refractivity contribution < 1.29 is 24.5 Å². The van der Waals surface area contributed by atoms with Gasteiger partial charge in [0.25, 0.3) is 0 Å². The predicted octanol–water partition coefficient (Wildman–Crippen LogP) is 3.35. The van der Waals surface area contributed by atoms with E-state index in [4.69, 9.17) is 4.74 Å². The highest BCUT2D eigenvalue weighted by atomic mass is 79.9.